The van der Waals surface area contributed by atoms with Gasteiger partial charge in [-0.25, -0.2) is 4.98 Å². The number of fused-ring (bicyclic) bond motifs is 1. The Balaban J connectivity index is 2.50. The van der Waals surface area contributed by atoms with Crippen LogP contribution < -0.4 is 4.90 Å². The fourth-order valence-corrected chi connectivity index (χ4v) is 2.45. The molecule has 3 nitrogen and oxygen atoms in total. The summed E-state index contributed by atoms with van der Waals surface area (Å²) < 4.78 is 0. The predicted molar refractivity (Wildman–Crippen MR) is 80.4 cm³/mol. The Morgan fingerprint density at radius 2 is 1.79 bits per heavy atom. The topological polar surface area (TPSA) is 36.4 Å². The second kappa shape index (κ2) is 5.17. The van der Waals surface area contributed by atoms with Crippen molar-refractivity contribution in [1.82, 2.24) is 4.98 Å². The van der Waals surface area contributed by atoms with Gasteiger partial charge in [0.1, 0.15) is 5.82 Å². The van der Waals surface area contributed by atoms with Crippen molar-refractivity contribution in [2.24, 2.45) is 5.41 Å². The molecule has 0 saturated heterocycles. The van der Waals surface area contributed by atoms with Gasteiger partial charge in [0.15, 0.2) is 0 Å². The summed E-state index contributed by atoms with van der Waals surface area (Å²) in [6.07, 6.45) is 1.77. The Labute approximate surface area is 114 Å². The number of hydrogen-bond acceptors (Lipinski definition) is 3. The minimum Gasteiger partial charge on any atom is -0.392 e. The Hall–Kier alpha value is -1.61. The Kier molecular flexibility index (Phi) is 3.76. The van der Waals surface area contributed by atoms with Gasteiger partial charge in [0.25, 0.3) is 0 Å². The second-order valence-electron chi connectivity index (χ2n) is 6.23. The molecule has 0 radical (unpaired) electrons. The molecule has 19 heavy (non-hydrogen) atoms. The maximum absolute atomic E-state index is 9.40. The SMILES string of the molecule is CN(CC(C)(C)C)c1ncc(CO)c2ccccc12. The van der Waals surface area contributed by atoms with Crippen LogP contribution in [0.15, 0.2) is 30.5 Å². The van der Waals surface area contributed by atoms with Crippen molar-refractivity contribution in [3.8, 4) is 0 Å². The van der Waals surface area contributed by atoms with Crippen molar-refractivity contribution in [1.29, 1.82) is 0 Å². The van der Waals surface area contributed by atoms with Gasteiger partial charge in [-0.05, 0) is 10.8 Å². The van der Waals surface area contributed by atoms with Crippen molar-refractivity contribution in [3.63, 3.8) is 0 Å². The molecule has 0 aliphatic rings. The van der Waals surface area contributed by atoms with Gasteiger partial charge in [-0.3, -0.25) is 0 Å². The van der Waals surface area contributed by atoms with Gasteiger partial charge in [-0.15, -0.1) is 0 Å². The Morgan fingerprint density at radius 3 is 2.37 bits per heavy atom. The van der Waals surface area contributed by atoms with Crippen LogP contribution in [0.2, 0.25) is 0 Å². The maximum atomic E-state index is 9.40. The minimum absolute atomic E-state index is 0.0246. The van der Waals surface area contributed by atoms with E-state index in [-0.39, 0.29) is 12.0 Å². The standard InChI is InChI=1S/C16H22N2O/c1-16(2,3)11-18(4)15-14-8-6-5-7-13(14)12(10-19)9-17-15/h5-9,19H,10-11H2,1-4H3. The van der Waals surface area contributed by atoms with Gasteiger partial charge < -0.3 is 10.0 Å². The molecule has 2 rings (SSSR count). The summed E-state index contributed by atoms with van der Waals surface area (Å²) in [5.41, 5.74) is 1.09. The number of aliphatic hydroxyl groups is 1. The third-order valence-corrected chi connectivity index (χ3v) is 3.10. The number of benzene rings is 1. The zero-order valence-corrected chi connectivity index (χ0v) is 12.1. The van der Waals surface area contributed by atoms with Crippen LogP contribution in [0.25, 0.3) is 10.8 Å². The summed E-state index contributed by atoms with van der Waals surface area (Å²) in [5, 5.41) is 11.6. The van der Waals surface area contributed by atoms with Crippen LogP contribution in [0.1, 0.15) is 26.3 Å². The van der Waals surface area contributed by atoms with Crippen molar-refractivity contribution in [2.45, 2.75) is 27.4 Å². The van der Waals surface area contributed by atoms with Crippen LogP contribution >= 0.6 is 0 Å². The fraction of sp³-hybridized carbons (Fsp3) is 0.438. The lowest BCUT2D eigenvalue weighted by molar-refractivity contribution is 0.283. The highest BCUT2D eigenvalue weighted by molar-refractivity contribution is 5.94. The summed E-state index contributed by atoms with van der Waals surface area (Å²) in [7, 11) is 2.07. The van der Waals surface area contributed by atoms with Crippen molar-refractivity contribution in [3.05, 3.63) is 36.0 Å². The number of aromatic nitrogens is 1. The minimum atomic E-state index is 0.0246. The zero-order chi connectivity index (χ0) is 14.0. The molecule has 3 heteroatoms. The first-order chi connectivity index (χ1) is 8.92. The van der Waals surface area contributed by atoms with Crippen molar-refractivity contribution in [2.75, 3.05) is 18.5 Å². The molecular weight excluding hydrogens is 236 g/mol. The van der Waals surface area contributed by atoms with Gasteiger partial charge in [-0.1, -0.05) is 45.0 Å². The van der Waals surface area contributed by atoms with Crippen LogP contribution in [0.4, 0.5) is 5.82 Å². The van der Waals surface area contributed by atoms with E-state index in [0.717, 1.165) is 28.7 Å². The second-order valence-corrected chi connectivity index (χ2v) is 6.23. The molecule has 0 spiro atoms. The number of anilines is 1. The monoisotopic (exact) mass is 258 g/mol. The lowest BCUT2D eigenvalue weighted by Gasteiger charge is -2.28. The lowest BCUT2D eigenvalue weighted by atomic mass is 9.96. The first kappa shape index (κ1) is 13.8. The molecule has 0 aliphatic heterocycles. The molecule has 2 aromatic rings. The number of rotatable bonds is 3. The summed E-state index contributed by atoms with van der Waals surface area (Å²) in [6.45, 7) is 7.61. The highest BCUT2D eigenvalue weighted by Crippen LogP contribution is 2.28. The predicted octanol–water partition coefficient (Wildman–Crippen LogP) is 3.21. The van der Waals surface area contributed by atoms with Crippen LogP contribution in [0, 0.1) is 5.41 Å². The lowest BCUT2D eigenvalue weighted by Crippen LogP contribution is -2.29. The van der Waals surface area contributed by atoms with E-state index in [4.69, 9.17) is 0 Å². The third-order valence-electron chi connectivity index (χ3n) is 3.10. The molecule has 102 valence electrons. The van der Waals surface area contributed by atoms with Gasteiger partial charge >= 0.3 is 0 Å². The highest BCUT2D eigenvalue weighted by atomic mass is 16.3. The Bertz CT molecular complexity index is 572. The quantitative estimate of drug-likeness (QED) is 0.918. The molecule has 0 fully saturated rings. The first-order valence-corrected chi connectivity index (χ1v) is 6.61. The van der Waals surface area contributed by atoms with Crippen molar-refractivity contribution < 1.29 is 5.11 Å². The maximum Gasteiger partial charge on any atom is 0.136 e. The van der Waals surface area contributed by atoms with E-state index in [9.17, 15) is 5.11 Å². The van der Waals surface area contributed by atoms with Gasteiger partial charge in [0.05, 0.1) is 6.61 Å². The van der Waals surface area contributed by atoms with E-state index in [1.807, 2.05) is 18.2 Å². The first-order valence-electron chi connectivity index (χ1n) is 6.61. The smallest absolute Gasteiger partial charge is 0.136 e. The fourth-order valence-electron chi connectivity index (χ4n) is 2.45. The van der Waals surface area contributed by atoms with E-state index in [2.05, 4.69) is 43.8 Å². The summed E-state index contributed by atoms with van der Waals surface area (Å²) in [4.78, 5) is 6.71. The van der Waals surface area contributed by atoms with E-state index < -0.39 is 0 Å². The molecule has 0 saturated carbocycles. The van der Waals surface area contributed by atoms with Crippen LogP contribution in [-0.4, -0.2) is 23.7 Å². The molecule has 0 amide bonds. The summed E-state index contributed by atoms with van der Waals surface area (Å²) in [5.74, 6) is 0.975. The molecule has 0 atom stereocenters. The van der Waals surface area contributed by atoms with Gasteiger partial charge in [0.2, 0.25) is 0 Å². The third kappa shape index (κ3) is 3.04. The Morgan fingerprint density at radius 1 is 1.16 bits per heavy atom. The molecule has 0 unspecified atom stereocenters. The number of pyridine rings is 1. The van der Waals surface area contributed by atoms with Gasteiger partial charge in [0, 0.05) is 30.7 Å². The number of nitrogens with zero attached hydrogens (tertiary/aromatic N) is 2. The molecule has 0 aliphatic carbocycles. The largest absolute Gasteiger partial charge is 0.392 e. The molecule has 1 heterocycles. The molecule has 1 aromatic carbocycles. The van der Waals surface area contributed by atoms with Crippen LogP contribution in [0.5, 0.6) is 0 Å². The van der Waals surface area contributed by atoms with Crippen LogP contribution in [-0.2, 0) is 6.61 Å². The average molecular weight is 258 g/mol. The molecule has 0 bridgehead atoms. The molecule has 1 aromatic heterocycles. The zero-order valence-electron chi connectivity index (χ0n) is 12.1. The summed E-state index contributed by atoms with van der Waals surface area (Å²) >= 11 is 0. The number of aliphatic hydroxyl groups excluding tert-OH is 1. The van der Waals surface area contributed by atoms with E-state index in [1.54, 1.807) is 6.20 Å². The van der Waals surface area contributed by atoms with Crippen LogP contribution in [0.3, 0.4) is 0 Å². The van der Waals surface area contributed by atoms with E-state index in [0.29, 0.717) is 0 Å². The molecule has 1 N–H and O–H groups in total. The highest BCUT2D eigenvalue weighted by Gasteiger charge is 2.17. The van der Waals surface area contributed by atoms with E-state index >= 15 is 0 Å². The average Bonchev–Trinajstić information content (AvgIpc) is 2.35. The van der Waals surface area contributed by atoms with Crippen molar-refractivity contribution >= 4 is 16.6 Å². The van der Waals surface area contributed by atoms with Gasteiger partial charge in [-0.2, -0.15) is 0 Å². The normalized spacial score (nSPS) is 11.8. The molecular formula is C16H22N2O. The summed E-state index contributed by atoms with van der Waals surface area (Å²) in [6, 6.07) is 8.11. The number of hydrogen-bond donors (Lipinski definition) is 1. The van der Waals surface area contributed by atoms with E-state index in [1.165, 1.54) is 0 Å².